The molecule has 0 atom stereocenters. The van der Waals surface area contributed by atoms with Crippen molar-refractivity contribution in [3.63, 3.8) is 0 Å². The minimum atomic E-state index is -0.679. The van der Waals surface area contributed by atoms with Crippen LogP contribution in [-0.2, 0) is 4.79 Å². The Morgan fingerprint density at radius 2 is 2.00 bits per heavy atom. The molecule has 2 rings (SSSR count). The number of hydrogen-bond acceptors (Lipinski definition) is 3. The number of carbonyl (C=O) groups excluding carboxylic acids is 1. The molecule has 2 aromatic carbocycles. The van der Waals surface area contributed by atoms with E-state index in [4.69, 9.17) is 5.73 Å². The maximum atomic E-state index is 13.4. The minimum Gasteiger partial charge on any atom is -0.399 e. The smallest absolute Gasteiger partial charge is 0.234 e. The molecule has 21 heavy (non-hydrogen) atoms. The summed E-state index contributed by atoms with van der Waals surface area (Å²) >= 11 is 4.29. The Morgan fingerprint density at radius 1 is 1.24 bits per heavy atom. The van der Waals surface area contributed by atoms with E-state index in [1.165, 1.54) is 6.07 Å². The van der Waals surface area contributed by atoms with Crippen LogP contribution in [0.5, 0.6) is 0 Å². The van der Waals surface area contributed by atoms with Crippen molar-refractivity contribution in [1.82, 2.24) is 0 Å². The third-order valence-electron chi connectivity index (χ3n) is 2.52. The summed E-state index contributed by atoms with van der Waals surface area (Å²) in [7, 11) is 0. The predicted molar refractivity (Wildman–Crippen MR) is 84.3 cm³/mol. The molecule has 0 heterocycles. The fourth-order valence-electron chi connectivity index (χ4n) is 1.55. The molecule has 0 radical (unpaired) electrons. The summed E-state index contributed by atoms with van der Waals surface area (Å²) in [6.45, 7) is 0. The Bertz CT molecular complexity index is 682. The molecule has 0 aliphatic carbocycles. The third-order valence-corrected chi connectivity index (χ3v) is 4.22. The number of benzene rings is 2. The SMILES string of the molecule is Nc1ccc(NC(=O)CSc2ccc(F)cc2F)c(Br)c1. The van der Waals surface area contributed by atoms with Gasteiger partial charge in [-0.05, 0) is 46.3 Å². The molecular formula is C14H11BrF2N2OS. The highest BCUT2D eigenvalue weighted by molar-refractivity contribution is 9.10. The molecule has 0 fully saturated rings. The van der Waals surface area contributed by atoms with Gasteiger partial charge in [0, 0.05) is 21.1 Å². The van der Waals surface area contributed by atoms with Crippen molar-refractivity contribution < 1.29 is 13.6 Å². The first-order valence-corrected chi connectivity index (χ1v) is 7.66. The Labute approximate surface area is 133 Å². The van der Waals surface area contributed by atoms with Crippen molar-refractivity contribution in [2.75, 3.05) is 16.8 Å². The number of halogens is 3. The second-order valence-corrected chi connectivity index (χ2v) is 6.02. The number of carbonyl (C=O) groups is 1. The van der Waals surface area contributed by atoms with Crippen LogP contribution in [0.2, 0.25) is 0 Å². The summed E-state index contributed by atoms with van der Waals surface area (Å²) < 4.78 is 26.9. The van der Waals surface area contributed by atoms with Crippen LogP contribution in [0.4, 0.5) is 20.2 Å². The number of nitrogens with two attached hydrogens (primary N) is 1. The van der Waals surface area contributed by atoms with E-state index < -0.39 is 11.6 Å². The predicted octanol–water partition coefficient (Wildman–Crippen LogP) is 4.04. The van der Waals surface area contributed by atoms with Crippen LogP contribution in [0, 0.1) is 11.6 Å². The number of amides is 1. The van der Waals surface area contributed by atoms with Gasteiger partial charge in [0.05, 0.1) is 11.4 Å². The summed E-state index contributed by atoms with van der Waals surface area (Å²) in [5, 5.41) is 2.68. The number of hydrogen-bond donors (Lipinski definition) is 2. The van der Waals surface area contributed by atoms with Crippen LogP contribution in [0.15, 0.2) is 45.8 Å². The Morgan fingerprint density at radius 3 is 2.67 bits per heavy atom. The number of thioether (sulfide) groups is 1. The molecule has 0 saturated carbocycles. The van der Waals surface area contributed by atoms with Gasteiger partial charge in [0.1, 0.15) is 11.6 Å². The monoisotopic (exact) mass is 372 g/mol. The van der Waals surface area contributed by atoms with E-state index in [1.54, 1.807) is 18.2 Å². The van der Waals surface area contributed by atoms with Gasteiger partial charge >= 0.3 is 0 Å². The van der Waals surface area contributed by atoms with Gasteiger partial charge in [-0.25, -0.2) is 8.78 Å². The lowest BCUT2D eigenvalue weighted by atomic mass is 10.3. The number of rotatable bonds is 4. The molecule has 0 aliphatic heterocycles. The van der Waals surface area contributed by atoms with E-state index in [0.717, 1.165) is 23.9 Å². The summed E-state index contributed by atoms with van der Waals surface area (Å²) in [4.78, 5) is 12.0. The molecule has 0 bridgehead atoms. The van der Waals surface area contributed by atoms with E-state index in [0.29, 0.717) is 15.8 Å². The largest absolute Gasteiger partial charge is 0.399 e. The molecule has 0 aliphatic rings. The minimum absolute atomic E-state index is 0.0133. The van der Waals surface area contributed by atoms with E-state index in [9.17, 15) is 13.6 Å². The van der Waals surface area contributed by atoms with Crippen LogP contribution in [0.25, 0.3) is 0 Å². The maximum absolute atomic E-state index is 13.4. The molecule has 110 valence electrons. The van der Waals surface area contributed by atoms with Gasteiger partial charge in [-0.3, -0.25) is 4.79 Å². The highest BCUT2D eigenvalue weighted by atomic mass is 79.9. The van der Waals surface area contributed by atoms with Crippen LogP contribution < -0.4 is 11.1 Å². The highest BCUT2D eigenvalue weighted by Crippen LogP contribution is 2.26. The zero-order valence-corrected chi connectivity index (χ0v) is 13.1. The molecule has 1 amide bonds. The van der Waals surface area contributed by atoms with E-state index >= 15 is 0 Å². The van der Waals surface area contributed by atoms with E-state index in [-0.39, 0.29) is 16.6 Å². The quantitative estimate of drug-likeness (QED) is 0.628. The van der Waals surface area contributed by atoms with Crippen molar-refractivity contribution >= 4 is 45.0 Å². The van der Waals surface area contributed by atoms with Crippen molar-refractivity contribution in [2.24, 2.45) is 0 Å². The van der Waals surface area contributed by atoms with Gasteiger partial charge in [-0.15, -0.1) is 11.8 Å². The molecule has 0 saturated heterocycles. The zero-order chi connectivity index (χ0) is 15.4. The third kappa shape index (κ3) is 4.44. The molecule has 7 heteroatoms. The lowest BCUT2D eigenvalue weighted by molar-refractivity contribution is -0.113. The lowest BCUT2D eigenvalue weighted by Gasteiger charge is -2.08. The summed E-state index contributed by atoms with van der Waals surface area (Å²) in [5.41, 5.74) is 6.75. The van der Waals surface area contributed by atoms with Crippen LogP contribution in [0.3, 0.4) is 0 Å². The topological polar surface area (TPSA) is 55.1 Å². The van der Waals surface area contributed by atoms with E-state index in [2.05, 4.69) is 21.2 Å². The Balaban J connectivity index is 1.96. The Hall–Kier alpha value is -1.60. The zero-order valence-electron chi connectivity index (χ0n) is 10.7. The van der Waals surface area contributed by atoms with Gasteiger partial charge in [-0.1, -0.05) is 0 Å². The van der Waals surface area contributed by atoms with Gasteiger partial charge in [0.25, 0.3) is 0 Å². The normalized spacial score (nSPS) is 10.4. The molecule has 0 unspecified atom stereocenters. The van der Waals surface area contributed by atoms with Crippen LogP contribution in [-0.4, -0.2) is 11.7 Å². The summed E-state index contributed by atoms with van der Waals surface area (Å²) in [6, 6.07) is 8.24. The first kappa shape index (κ1) is 15.8. The standard InChI is InChI=1S/C14H11BrF2N2OS/c15-10-6-9(18)2-3-12(10)19-14(20)7-21-13-4-1-8(16)5-11(13)17/h1-6H,7,18H2,(H,19,20). The summed E-state index contributed by atoms with van der Waals surface area (Å²) in [5.74, 6) is -1.61. The second kappa shape index (κ2) is 6.91. The molecule has 2 aromatic rings. The second-order valence-electron chi connectivity index (χ2n) is 4.15. The molecule has 0 aromatic heterocycles. The van der Waals surface area contributed by atoms with Crippen LogP contribution >= 0.6 is 27.7 Å². The average Bonchev–Trinajstić information content (AvgIpc) is 2.41. The highest BCUT2D eigenvalue weighted by Gasteiger charge is 2.09. The number of nitrogens with one attached hydrogen (secondary N) is 1. The van der Waals surface area contributed by atoms with Crippen molar-refractivity contribution in [3.8, 4) is 0 Å². The molecule has 3 nitrogen and oxygen atoms in total. The van der Waals surface area contributed by atoms with Gasteiger partial charge in [0.2, 0.25) is 5.91 Å². The number of nitrogen functional groups attached to an aromatic ring is 1. The molecular weight excluding hydrogens is 362 g/mol. The van der Waals surface area contributed by atoms with Gasteiger partial charge in [0.15, 0.2) is 0 Å². The fourth-order valence-corrected chi connectivity index (χ4v) is 2.77. The van der Waals surface area contributed by atoms with Gasteiger partial charge < -0.3 is 11.1 Å². The number of anilines is 2. The molecule has 3 N–H and O–H groups in total. The van der Waals surface area contributed by atoms with E-state index in [1.807, 2.05) is 0 Å². The first-order valence-electron chi connectivity index (χ1n) is 5.88. The van der Waals surface area contributed by atoms with Crippen molar-refractivity contribution in [1.29, 1.82) is 0 Å². The lowest BCUT2D eigenvalue weighted by Crippen LogP contribution is -2.14. The van der Waals surface area contributed by atoms with Crippen molar-refractivity contribution in [3.05, 3.63) is 52.5 Å². The van der Waals surface area contributed by atoms with Gasteiger partial charge in [-0.2, -0.15) is 0 Å². The van der Waals surface area contributed by atoms with Crippen molar-refractivity contribution in [2.45, 2.75) is 4.90 Å². The Kier molecular flexibility index (Phi) is 5.19. The molecule has 0 spiro atoms. The summed E-state index contributed by atoms with van der Waals surface area (Å²) in [6.07, 6.45) is 0. The van der Waals surface area contributed by atoms with Crippen LogP contribution in [0.1, 0.15) is 0 Å². The first-order chi connectivity index (χ1) is 9.95. The fraction of sp³-hybridized carbons (Fsp3) is 0.0714. The average molecular weight is 373 g/mol. The maximum Gasteiger partial charge on any atom is 0.234 e.